The molecule has 0 saturated heterocycles. The number of alkyl halides is 1. The molecule has 1 unspecified atom stereocenters. The van der Waals surface area contributed by atoms with Gasteiger partial charge < -0.3 is 10.6 Å². The van der Waals surface area contributed by atoms with Crippen molar-refractivity contribution in [2.75, 3.05) is 10.6 Å². The lowest BCUT2D eigenvalue weighted by atomic mass is 10.0. The number of nitrogens with one attached hydrogen (secondary N) is 2. The van der Waals surface area contributed by atoms with E-state index in [0.717, 1.165) is 0 Å². The summed E-state index contributed by atoms with van der Waals surface area (Å²) in [6, 6.07) is 13.2. The van der Waals surface area contributed by atoms with Crippen LogP contribution in [0.2, 0.25) is 0 Å². The first-order valence-corrected chi connectivity index (χ1v) is 9.17. The summed E-state index contributed by atoms with van der Waals surface area (Å²) in [5.41, 5.74) is 1.35. The molecule has 2 N–H and O–H groups in total. The van der Waals surface area contributed by atoms with E-state index in [-0.39, 0.29) is 28.9 Å². The molecule has 0 radical (unpaired) electrons. The van der Waals surface area contributed by atoms with Gasteiger partial charge in [0, 0.05) is 29.4 Å². The number of halogens is 1. The Hall–Kier alpha value is -3.61. The molecule has 6 nitrogen and oxygen atoms in total. The first kappa shape index (κ1) is 20.1. The molecule has 0 aliphatic rings. The van der Waals surface area contributed by atoms with Gasteiger partial charge in [0.2, 0.25) is 5.91 Å². The third-order valence-electron chi connectivity index (χ3n) is 4.27. The van der Waals surface area contributed by atoms with Crippen molar-refractivity contribution in [1.82, 2.24) is 9.97 Å². The van der Waals surface area contributed by atoms with Gasteiger partial charge in [0.25, 0.3) is 5.91 Å². The molecule has 0 aliphatic carbocycles. The third kappa shape index (κ3) is 5.01. The highest BCUT2D eigenvalue weighted by Crippen LogP contribution is 2.31. The fourth-order valence-corrected chi connectivity index (χ4v) is 2.64. The number of carbonyl (C=O) groups excluding carboxylic acids is 2. The quantitative estimate of drug-likeness (QED) is 0.652. The smallest absolute Gasteiger partial charge is 0.255 e. The molecular formula is C22H21FN4O2. The molecular weight excluding hydrogens is 371 g/mol. The van der Waals surface area contributed by atoms with Gasteiger partial charge in [0.1, 0.15) is 5.82 Å². The van der Waals surface area contributed by atoms with Crippen molar-refractivity contribution in [1.29, 1.82) is 0 Å². The zero-order valence-corrected chi connectivity index (χ0v) is 16.1. The Balaban J connectivity index is 1.81. The molecule has 7 heteroatoms. The van der Waals surface area contributed by atoms with Crippen LogP contribution in [0.1, 0.15) is 41.5 Å². The van der Waals surface area contributed by atoms with E-state index >= 15 is 4.39 Å². The molecule has 3 aromatic rings. The van der Waals surface area contributed by atoms with Crippen LogP contribution in [-0.2, 0) is 4.79 Å². The Labute approximate surface area is 168 Å². The Morgan fingerprint density at radius 3 is 2.48 bits per heavy atom. The average Bonchev–Trinajstić information content (AvgIpc) is 2.74. The van der Waals surface area contributed by atoms with Gasteiger partial charge in [0.15, 0.2) is 6.17 Å². The van der Waals surface area contributed by atoms with E-state index < -0.39 is 12.1 Å². The van der Waals surface area contributed by atoms with E-state index in [0.29, 0.717) is 11.1 Å². The molecule has 29 heavy (non-hydrogen) atoms. The summed E-state index contributed by atoms with van der Waals surface area (Å²) in [5, 5.41) is 5.35. The Morgan fingerprint density at radius 1 is 1.00 bits per heavy atom. The minimum Gasteiger partial charge on any atom is -0.320 e. The first-order valence-electron chi connectivity index (χ1n) is 9.17. The summed E-state index contributed by atoms with van der Waals surface area (Å²) in [4.78, 5) is 32.6. The first-order chi connectivity index (χ1) is 14.0. The Morgan fingerprint density at radius 2 is 1.76 bits per heavy atom. The number of hydrogen-bond donors (Lipinski definition) is 2. The maximum atomic E-state index is 15.0. The van der Waals surface area contributed by atoms with Crippen molar-refractivity contribution in [2.45, 2.75) is 20.0 Å². The van der Waals surface area contributed by atoms with E-state index in [4.69, 9.17) is 0 Å². The van der Waals surface area contributed by atoms with Crippen LogP contribution in [0.25, 0.3) is 0 Å². The monoisotopic (exact) mass is 392 g/mol. The van der Waals surface area contributed by atoms with Crippen LogP contribution in [0, 0.1) is 5.92 Å². The predicted molar refractivity (Wildman–Crippen MR) is 109 cm³/mol. The standard InChI is InChI=1S/C22H21FN4O2/c1-14(2)21(28)27-19-12-16(8-11-25-19)22(29)26-18-13-24-10-9-17(18)20(23)15-6-4-3-5-7-15/h3-14,20H,1-2H3,(H,26,29)(H,25,27,28). The summed E-state index contributed by atoms with van der Waals surface area (Å²) in [6.07, 6.45) is 2.90. The van der Waals surface area contributed by atoms with Gasteiger partial charge in [-0.2, -0.15) is 0 Å². The number of aromatic nitrogens is 2. The van der Waals surface area contributed by atoms with Gasteiger partial charge in [-0.15, -0.1) is 0 Å². The number of rotatable bonds is 6. The van der Waals surface area contributed by atoms with E-state index in [2.05, 4.69) is 20.6 Å². The summed E-state index contributed by atoms with van der Waals surface area (Å²) >= 11 is 0. The highest BCUT2D eigenvalue weighted by Gasteiger charge is 2.19. The third-order valence-corrected chi connectivity index (χ3v) is 4.27. The number of pyridine rings is 2. The molecule has 0 spiro atoms. The van der Waals surface area contributed by atoms with Gasteiger partial charge in [-0.25, -0.2) is 9.37 Å². The maximum absolute atomic E-state index is 15.0. The van der Waals surface area contributed by atoms with Crippen LogP contribution in [0.15, 0.2) is 67.1 Å². The number of nitrogens with zero attached hydrogens (tertiary/aromatic N) is 2. The molecule has 3 rings (SSSR count). The topological polar surface area (TPSA) is 84.0 Å². The molecule has 2 amide bonds. The van der Waals surface area contributed by atoms with E-state index in [1.165, 1.54) is 36.8 Å². The fourth-order valence-electron chi connectivity index (χ4n) is 2.64. The molecule has 2 aromatic heterocycles. The van der Waals surface area contributed by atoms with Gasteiger partial charge in [-0.1, -0.05) is 44.2 Å². The largest absolute Gasteiger partial charge is 0.320 e. The zero-order valence-electron chi connectivity index (χ0n) is 16.1. The predicted octanol–water partition coefficient (Wildman–Crippen LogP) is 4.38. The lowest BCUT2D eigenvalue weighted by Gasteiger charge is -2.15. The zero-order chi connectivity index (χ0) is 20.8. The highest BCUT2D eigenvalue weighted by molar-refractivity contribution is 6.05. The molecule has 1 aromatic carbocycles. The van der Waals surface area contributed by atoms with Crippen LogP contribution >= 0.6 is 0 Å². The van der Waals surface area contributed by atoms with Gasteiger partial charge >= 0.3 is 0 Å². The number of carbonyl (C=O) groups is 2. The second-order valence-corrected chi connectivity index (χ2v) is 6.76. The van der Waals surface area contributed by atoms with Crippen LogP contribution in [0.3, 0.4) is 0 Å². The SMILES string of the molecule is CC(C)C(=O)Nc1cc(C(=O)Nc2cnccc2C(F)c2ccccc2)ccn1. The van der Waals surface area contributed by atoms with Crippen molar-refractivity contribution < 1.29 is 14.0 Å². The molecule has 1 atom stereocenters. The van der Waals surface area contributed by atoms with Crippen LogP contribution in [-0.4, -0.2) is 21.8 Å². The maximum Gasteiger partial charge on any atom is 0.255 e. The number of anilines is 2. The molecule has 0 fully saturated rings. The second kappa shape index (κ2) is 9.05. The Bertz CT molecular complexity index is 1010. The number of amides is 2. The van der Waals surface area contributed by atoms with Crippen LogP contribution in [0.5, 0.6) is 0 Å². The second-order valence-electron chi connectivity index (χ2n) is 6.76. The van der Waals surface area contributed by atoms with Crippen molar-refractivity contribution in [3.63, 3.8) is 0 Å². The summed E-state index contributed by atoms with van der Waals surface area (Å²) < 4.78 is 15.0. The van der Waals surface area contributed by atoms with Crippen molar-refractivity contribution >= 4 is 23.3 Å². The number of benzene rings is 1. The minimum absolute atomic E-state index is 0.201. The van der Waals surface area contributed by atoms with E-state index in [1.54, 1.807) is 38.1 Å². The normalized spacial score (nSPS) is 11.7. The van der Waals surface area contributed by atoms with Crippen LogP contribution in [0.4, 0.5) is 15.9 Å². The average molecular weight is 392 g/mol. The van der Waals surface area contributed by atoms with Crippen molar-refractivity contribution in [2.24, 2.45) is 5.92 Å². The molecule has 148 valence electrons. The molecule has 2 heterocycles. The molecule has 0 aliphatic heterocycles. The van der Waals surface area contributed by atoms with Gasteiger partial charge in [-0.05, 0) is 23.8 Å². The van der Waals surface area contributed by atoms with Gasteiger partial charge in [0.05, 0.1) is 11.9 Å². The van der Waals surface area contributed by atoms with E-state index in [9.17, 15) is 9.59 Å². The highest BCUT2D eigenvalue weighted by atomic mass is 19.1. The summed E-state index contributed by atoms with van der Waals surface area (Å²) in [6.45, 7) is 3.52. The van der Waals surface area contributed by atoms with Crippen molar-refractivity contribution in [3.8, 4) is 0 Å². The van der Waals surface area contributed by atoms with Crippen molar-refractivity contribution in [3.05, 3.63) is 83.8 Å². The molecule has 0 saturated carbocycles. The summed E-state index contributed by atoms with van der Waals surface area (Å²) in [7, 11) is 0. The lowest BCUT2D eigenvalue weighted by Crippen LogP contribution is -2.19. The summed E-state index contributed by atoms with van der Waals surface area (Å²) in [5.74, 6) is -0.600. The van der Waals surface area contributed by atoms with Gasteiger partial charge in [-0.3, -0.25) is 14.6 Å². The minimum atomic E-state index is -1.41. The molecule has 0 bridgehead atoms. The van der Waals surface area contributed by atoms with Crippen LogP contribution < -0.4 is 10.6 Å². The number of hydrogen-bond acceptors (Lipinski definition) is 4. The van der Waals surface area contributed by atoms with E-state index in [1.807, 2.05) is 6.07 Å². The Kier molecular flexibility index (Phi) is 6.29. The fraction of sp³-hybridized carbons (Fsp3) is 0.182. The lowest BCUT2D eigenvalue weighted by molar-refractivity contribution is -0.118.